The molecule has 0 aliphatic heterocycles. The number of nitrogens with one attached hydrogen (secondary N) is 1. The average molecular weight is 324 g/mol. The summed E-state index contributed by atoms with van der Waals surface area (Å²) in [7, 11) is 1.60. The summed E-state index contributed by atoms with van der Waals surface area (Å²) in [6, 6.07) is 3.54. The first-order valence-electron chi connectivity index (χ1n) is 7.28. The molecule has 1 aromatic rings. The number of carbonyl (C=O) groups excluding carboxylic acids is 2. The van der Waals surface area contributed by atoms with E-state index in [0.717, 1.165) is 0 Å². The number of carboxylic acids is 1. The molecule has 1 fully saturated rings. The van der Waals surface area contributed by atoms with Crippen LogP contribution in [0, 0.1) is 5.92 Å². The fraction of sp³-hybridized carbons (Fsp3) is 0.533. The highest BCUT2D eigenvalue weighted by atomic mass is 32.1. The molecule has 0 unspecified atom stereocenters. The number of rotatable bonds is 5. The number of thiophene rings is 1. The highest BCUT2D eigenvalue weighted by Crippen LogP contribution is 2.24. The van der Waals surface area contributed by atoms with Crippen molar-refractivity contribution in [1.29, 1.82) is 0 Å². The number of hydrogen-bond acceptors (Lipinski definition) is 4. The van der Waals surface area contributed by atoms with E-state index in [0.29, 0.717) is 30.6 Å². The van der Waals surface area contributed by atoms with Gasteiger partial charge in [-0.25, -0.2) is 0 Å². The molecule has 7 heteroatoms. The van der Waals surface area contributed by atoms with Crippen LogP contribution in [0.1, 0.15) is 35.4 Å². The number of carboxylic acid groups (broad SMARTS) is 1. The van der Waals surface area contributed by atoms with Gasteiger partial charge in [-0.2, -0.15) is 0 Å². The lowest BCUT2D eigenvalue weighted by Crippen LogP contribution is -2.44. The fourth-order valence-electron chi connectivity index (χ4n) is 2.63. The van der Waals surface area contributed by atoms with E-state index in [1.54, 1.807) is 19.2 Å². The van der Waals surface area contributed by atoms with Crippen molar-refractivity contribution < 1.29 is 19.5 Å². The monoisotopic (exact) mass is 324 g/mol. The number of nitrogens with zero attached hydrogens (tertiary/aromatic N) is 1. The van der Waals surface area contributed by atoms with Crippen molar-refractivity contribution in [3.05, 3.63) is 22.4 Å². The largest absolute Gasteiger partial charge is 0.481 e. The lowest BCUT2D eigenvalue weighted by atomic mass is 9.86. The molecule has 0 saturated heterocycles. The SMILES string of the molecule is CN(CC(=O)NC1CCC(C(=O)O)CC1)C(=O)c1cccs1. The molecule has 0 bridgehead atoms. The molecule has 22 heavy (non-hydrogen) atoms. The Bertz CT molecular complexity index is 536. The lowest BCUT2D eigenvalue weighted by molar-refractivity contribution is -0.142. The zero-order valence-electron chi connectivity index (χ0n) is 12.4. The second kappa shape index (κ2) is 7.40. The molecule has 1 heterocycles. The molecule has 1 aliphatic rings. The fourth-order valence-corrected chi connectivity index (χ4v) is 3.35. The van der Waals surface area contributed by atoms with Gasteiger partial charge in [0.25, 0.3) is 5.91 Å². The predicted octanol–water partition coefficient (Wildman–Crippen LogP) is 1.58. The highest BCUT2D eigenvalue weighted by molar-refractivity contribution is 7.12. The third-order valence-electron chi connectivity index (χ3n) is 3.90. The first-order chi connectivity index (χ1) is 10.5. The van der Waals surface area contributed by atoms with E-state index in [-0.39, 0.29) is 30.3 Å². The van der Waals surface area contributed by atoms with Crippen molar-refractivity contribution in [1.82, 2.24) is 10.2 Å². The van der Waals surface area contributed by atoms with Crippen molar-refractivity contribution in [3.8, 4) is 0 Å². The van der Waals surface area contributed by atoms with Crippen LogP contribution in [0.2, 0.25) is 0 Å². The zero-order chi connectivity index (χ0) is 16.1. The van der Waals surface area contributed by atoms with Crippen LogP contribution >= 0.6 is 11.3 Å². The third kappa shape index (κ3) is 4.30. The Labute approximate surface area is 133 Å². The minimum absolute atomic E-state index is 0.00772. The minimum atomic E-state index is -0.758. The summed E-state index contributed by atoms with van der Waals surface area (Å²) in [5.74, 6) is -1.42. The maximum atomic E-state index is 12.0. The summed E-state index contributed by atoms with van der Waals surface area (Å²) < 4.78 is 0. The summed E-state index contributed by atoms with van der Waals surface area (Å²) >= 11 is 1.35. The molecule has 0 atom stereocenters. The van der Waals surface area contributed by atoms with Crippen LogP contribution in [0.15, 0.2) is 17.5 Å². The average Bonchev–Trinajstić information content (AvgIpc) is 3.00. The molecule has 2 amide bonds. The Hall–Kier alpha value is -1.89. The Morgan fingerprint density at radius 1 is 1.32 bits per heavy atom. The van der Waals surface area contributed by atoms with E-state index in [4.69, 9.17) is 5.11 Å². The number of likely N-dealkylation sites (N-methyl/N-ethyl adjacent to an activating group) is 1. The van der Waals surface area contributed by atoms with E-state index in [2.05, 4.69) is 5.32 Å². The molecular formula is C15H20N2O4S. The van der Waals surface area contributed by atoms with Crippen LogP contribution in [0.25, 0.3) is 0 Å². The van der Waals surface area contributed by atoms with Gasteiger partial charge >= 0.3 is 5.97 Å². The second-order valence-electron chi connectivity index (χ2n) is 5.59. The Morgan fingerprint density at radius 3 is 2.55 bits per heavy atom. The molecule has 1 saturated carbocycles. The lowest BCUT2D eigenvalue weighted by Gasteiger charge is -2.27. The van der Waals surface area contributed by atoms with E-state index in [1.165, 1.54) is 16.2 Å². The number of carbonyl (C=O) groups is 3. The maximum Gasteiger partial charge on any atom is 0.306 e. The Kier molecular flexibility index (Phi) is 5.54. The molecule has 0 radical (unpaired) electrons. The van der Waals surface area contributed by atoms with Crippen LogP contribution in [0.3, 0.4) is 0 Å². The summed E-state index contributed by atoms with van der Waals surface area (Å²) in [6.45, 7) is 0.00952. The van der Waals surface area contributed by atoms with Crippen molar-refractivity contribution >= 4 is 29.1 Å². The van der Waals surface area contributed by atoms with E-state index in [1.807, 2.05) is 5.38 Å². The van der Waals surface area contributed by atoms with Crippen LogP contribution in [0.5, 0.6) is 0 Å². The van der Waals surface area contributed by atoms with Gasteiger partial charge in [-0.05, 0) is 37.1 Å². The Balaban J connectivity index is 1.76. The standard InChI is InChI=1S/C15H20N2O4S/c1-17(14(19)12-3-2-8-22-12)9-13(18)16-11-6-4-10(5-7-11)15(20)21/h2-3,8,10-11H,4-7,9H2,1H3,(H,16,18)(H,20,21). The quantitative estimate of drug-likeness (QED) is 0.861. The molecule has 120 valence electrons. The summed E-state index contributed by atoms with van der Waals surface area (Å²) in [5, 5.41) is 13.7. The second-order valence-corrected chi connectivity index (χ2v) is 6.54. The minimum Gasteiger partial charge on any atom is -0.481 e. The van der Waals surface area contributed by atoms with Crippen LogP contribution in [-0.4, -0.2) is 47.4 Å². The molecular weight excluding hydrogens is 304 g/mol. The van der Waals surface area contributed by atoms with Gasteiger partial charge in [-0.1, -0.05) is 6.07 Å². The highest BCUT2D eigenvalue weighted by Gasteiger charge is 2.27. The first-order valence-corrected chi connectivity index (χ1v) is 8.16. The number of amides is 2. The normalized spacial score (nSPS) is 21.1. The zero-order valence-corrected chi connectivity index (χ0v) is 13.3. The number of hydrogen-bond donors (Lipinski definition) is 2. The molecule has 2 N–H and O–H groups in total. The van der Waals surface area contributed by atoms with Gasteiger partial charge < -0.3 is 15.3 Å². The van der Waals surface area contributed by atoms with Gasteiger partial charge in [-0.3, -0.25) is 14.4 Å². The third-order valence-corrected chi connectivity index (χ3v) is 4.76. The number of aliphatic carboxylic acids is 1. The molecule has 1 aliphatic carbocycles. The van der Waals surface area contributed by atoms with Gasteiger partial charge in [0.05, 0.1) is 17.3 Å². The molecule has 6 nitrogen and oxygen atoms in total. The molecule has 2 rings (SSSR count). The van der Waals surface area contributed by atoms with Gasteiger partial charge in [0.1, 0.15) is 0 Å². The van der Waals surface area contributed by atoms with Gasteiger partial charge in [0.15, 0.2) is 0 Å². The van der Waals surface area contributed by atoms with Crippen LogP contribution < -0.4 is 5.32 Å². The summed E-state index contributed by atoms with van der Waals surface area (Å²) in [4.78, 5) is 36.9. The molecule has 0 spiro atoms. The van der Waals surface area contributed by atoms with E-state index in [9.17, 15) is 14.4 Å². The van der Waals surface area contributed by atoms with Crippen molar-refractivity contribution in [2.24, 2.45) is 5.92 Å². The smallest absolute Gasteiger partial charge is 0.306 e. The van der Waals surface area contributed by atoms with Crippen LogP contribution in [0.4, 0.5) is 0 Å². The van der Waals surface area contributed by atoms with Crippen molar-refractivity contribution in [2.45, 2.75) is 31.7 Å². The van der Waals surface area contributed by atoms with Gasteiger partial charge in [0, 0.05) is 13.1 Å². The predicted molar refractivity (Wildman–Crippen MR) is 82.8 cm³/mol. The molecule has 0 aromatic carbocycles. The van der Waals surface area contributed by atoms with E-state index >= 15 is 0 Å². The van der Waals surface area contributed by atoms with E-state index < -0.39 is 5.97 Å². The van der Waals surface area contributed by atoms with Crippen LogP contribution in [-0.2, 0) is 9.59 Å². The molecule has 1 aromatic heterocycles. The topological polar surface area (TPSA) is 86.7 Å². The summed E-state index contributed by atoms with van der Waals surface area (Å²) in [5.41, 5.74) is 0. The van der Waals surface area contributed by atoms with Gasteiger partial charge in [0.2, 0.25) is 5.91 Å². The summed E-state index contributed by atoms with van der Waals surface area (Å²) in [6.07, 6.45) is 2.52. The van der Waals surface area contributed by atoms with Crippen molar-refractivity contribution in [3.63, 3.8) is 0 Å². The van der Waals surface area contributed by atoms with Crippen molar-refractivity contribution in [2.75, 3.05) is 13.6 Å². The maximum absolute atomic E-state index is 12.0. The van der Waals surface area contributed by atoms with Gasteiger partial charge in [-0.15, -0.1) is 11.3 Å². The first kappa shape index (κ1) is 16.5. The Morgan fingerprint density at radius 2 is 2.00 bits per heavy atom.